The second-order valence-corrected chi connectivity index (χ2v) is 4.17. The van der Waals surface area contributed by atoms with Crippen molar-refractivity contribution in [3.63, 3.8) is 0 Å². The number of carbonyl (C=O) groups excluding carboxylic acids is 1. The molecule has 1 amide bonds. The Labute approximate surface area is 99.9 Å². The third-order valence-corrected chi connectivity index (χ3v) is 2.89. The summed E-state index contributed by atoms with van der Waals surface area (Å²) in [6.07, 6.45) is 5.98. The summed E-state index contributed by atoms with van der Waals surface area (Å²) >= 11 is 0. The van der Waals surface area contributed by atoms with Crippen LogP contribution in [0.3, 0.4) is 0 Å². The summed E-state index contributed by atoms with van der Waals surface area (Å²) in [7, 11) is 0. The molecule has 1 aliphatic heterocycles. The molecule has 17 heavy (non-hydrogen) atoms. The predicted octanol–water partition coefficient (Wildman–Crippen LogP) is 0.552. The molecular formula is C11H15N5O. The van der Waals surface area contributed by atoms with Gasteiger partial charge in [0.1, 0.15) is 18.9 Å². The number of amides is 1. The number of likely N-dealkylation sites (tertiary alicyclic amines) is 1. The van der Waals surface area contributed by atoms with E-state index in [2.05, 4.69) is 10.1 Å². The molecule has 2 heterocycles. The number of nitriles is 1. The zero-order valence-electron chi connectivity index (χ0n) is 9.67. The Morgan fingerprint density at radius 1 is 1.35 bits per heavy atom. The molecule has 2 rings (SSSR count). The van der Waals surface area contributed by atoms with Crippen molar-refractivity contribution in [2.24, 2.45) is 0 Å². The van der Waals surface area contributed by atoms with Gasteiger partial charge in [0.15, 0.2) is 0 Å². The summed E-state index contributed by atoms with van der Waals surface area (Å²) in [5.74, 6) is 0.162. The molecular weight excluding hydrogens is 218 g/mol. The number of aromatic nitrogens is 3. The highest BCUT2D eigenvalue weighted by molar-refractivity contribution is 5.75. The fourth-order valence-corrected chi connectivity index (χ4v) is 1.98. The molecule has 0 aliphatic carbocycles. The van der Waals surface area contributed by atoms with Crippen LogP contribution in [0.5, 0.6) is 0 Å². The van der Waals surface area contributed by atoms with Crippen LogP contribution in [0.2, 0.25) is 0 Å². The molecule has 0 atom stereocenters. The minimum Gasteiger partial charge on any atom is -0.341 e. The first-order chi connectivity index (χ1) is 8.29. The quantitative estimate of drug-likeness (QED) is 0.747. The Morgan fingerprint density at radius 3 is 2.65 bits per heavy atom. The van der Waals surface area contributed by atoms with E-state index in [4.69, 9.17) is 5.26 Å². The van der Waals surface area contributed by atoms with Gasteiger partial charge in [-0.2, -0.15) is 5.26 Å². The lowest BCUT2D eigenvalue weighted by molar-refractivity contribution is -0.132. The van der Waals surface area contributed by atoms with Crippen molar-refractivity contribution >= 4 is 5.91 Å². The molecule has 0 N–H and O–H groups in total. The molecule has 1 aromatic heterocycles. The number of hydrogen-bond donors (Lipinski definition) is 0. The van der Waals surface area contributed by atoms with Crippen LogP contribution in [0.4, 0.5) is 0 Å². The Morgan fingerprint density at radius 2 is 2.06 bits per heavy atom. The molecule has 0 bridgehead atoms. The van der Waals surface area contributed by atoms with Gasteiger partial charge in [0.2, 0.25) is 5.91 Å². The van der Waals surface area contributed by atoms with Crippen LogP contribution in [0, 0.1) is 11.3 Å². The molecule has 1 aliphatic rings. The van der Waals surface area contributed by atoms with Gasteiger partial charge in [0.25, 0.3) is 5.82 Å². The van der Waals surface area contributed by atoms with E-state index in [0.717, 1.165) is 25.9 Å². The maximum Gasteiger partial charge on any atom is 0.252 e. The second-order valence-electron chi connectivity index (χ2n) is 4.17. The topological polar surface area (TPSA) is 74.8 Å². The van der Waals surface area contributed by atoms with Gasteiger partial charge in [0, 0.05) is 13.1 Å². The van der Waals surface area contributed by atoms with Gasteiger partial charge in [-0.05, 0) is 12.8 Å². The zero-order chi connectivity index (χ0) is 12.1. The molecule has 6 heteroatoms. The molecule has 0 unspecified atom stereocenters. The molecule has 1 saturated heterocycles. The third-order valence-electron chi connectivity index (χ3n) is 2.89. The highest BCUT2D eigenvalue weighted by Crippen LogP contribution is 2.10. The van der Waals surface area contributed by atoms with Gasteiger partial charge in [-0.15, -0.1) is 5.10 Å². The van der Waals surface area contributed by atoms with Crippen LogP contribution in [0.25, 0.3) is 0 Å². The molecule has 1 fully saturated rings. The Kier molecular flexibility index (Phi) is 3.70. The van der Waals surface area contributed by atoms with Gasteiger partial charge >= 0.3 is 0 Å². The standard InChI is InChI=1S/C11H15N5O/c12-7-10-13-9-16(14-10)8-11(17)15-5-3-1-2-4-6-15/h9H,1-6,8H2. The molecule has 0 aromatic carbocycles. The van der Waals surface area contributed by atoms with Gasteiger partial charge in [0.05, 0.1) is 0 Å². The van der Waals surface area contributed by atoms with E-state index in [9.17, 15) is 4.79 Å². The van der Waals surface area contributed by atoms with Crippen molar-refractivity contribution in [3.05, 3.63) is 12.2 Å². The van der Waals surface area contributed by atoms with E-state index in [1.807, 2.05) is 11.0 Å². The normalized spacial score (nSPS) is 16.3. The van der Waals surface area contributed by atoms with Crippen molar-refractivity contribution in [3.8, 4) is 6.07 Å². The first kappa shape index (κ1) is 11.6. The molecule has 0 saturated carbocycles. The number of nitrogens with zero attached hydrogens (tertiary/aromatic N) is 5. The summed E-state index contributed by atoms with van der Waals surface area (Å²) in [4.78, 5) is 17.6. The lowest BCUT2D eigenvalue weighted by Crippen LogP contribution is -2.34. The fraction of sp³-hybridized carbons (Fsp3) is 0.636. The highest BCUT2D eigenvalue weighted by atomic mass is 16.2. The van der Waals surface area contributed by atoms with Crippen LogP contribution >= 0.6 is 0 Å². The van der Waals surface area contributed by atoms with Crippen molar-refractivity contribution in [1.82, 2.24) is 19.7 Å². The summed E-state index contributed by atoms with van der Waals surface area (Å²) in [5, 5.41) is 12.5. The third kappa shape index (κ3) is 3.03. The average Bonchev–Trinajstić information content (AvgIpc) is 2.62. The van der Waals surface area contributed by atoms with Crippen molar-refractivity contribution in [2.45, 2.75) is 32.2 Å². The lowest BCUT2D eigenvalue weighted by atomic mass is 10.2. The molecule has 6 nitrogen and oxygen atoms in total. The van der Waals surface area contributed by atoms with Crippen molar-refractivity contribution in [2.75, 3.05) is 13.1 Å². The van der Waals surface area contributed by atoms with E-state index in [-0.39, 0.29) is 18.3 Å². The summed E-state index contributed by atoms with van der Waals surface area (Å²) in [6.45, 7) is 1.84. The van der Waals surface area contributed by atoms with Gasteiger partial charge in [-0.1, -0.05) is 12.8 Å². The molecule has 0 spiro atoms. The Hall–Kier alpha value is -1.90. The monoisotopic (exact) mass is 233 g/mol. The van der Waals surface area contributed by atoms with E-state index in [0.29, 0.717) is 0 Å². The first-order valence-corrected chi connectivity index (χ1v) is 5.87. The van der Waals surface area contributed by atoms with Crippen LogP contribution in [0.15, 0.2) is 6.33 Å². The molecule has 0 radical (unpaired) electrons. The van der Waals surface area contributed by atoms with E-state index in [1.165, 1.54) is 23.9 Å². The highest BCUT2D eigenvalue weighted by Gasteiger charge is 2.16. The van der Waals surface area contributed by atoms with Crippen LogP contribution < -0.4 is 0 Å². The lowest BCUT2D eigenvalue weighted by Gasteiger charge is -2.19. The van der Waals surface area contributed by atoms with Crippen molar-refractivity contribution in [1.29, 1.82) is 5.26 Å². The summed E-state index contributed by atoms with van der Waals surface area (Å²) < 4.78 is 1.42. The first-order valence-electron chi connectivity index (χ1n) is 5.87. The minimum atomic E-state index is 0.0567. The van der Waals surface area contributed by atoms with E-state index >= 15 is 0 Å². The van der Waals surface area contributed by atoms with Crippen LogP contribution in [0.1, 0.15) is 31.5 Å². The minimum absolute atomic E-state index is 0.0567. The Balaban J connectivity index is 1.93. The maximum atomic E-state index is 12.0. The van der Waals surface area contributed by atoms with E-state index in [1.54, 1.807) is 0 Å². The molecule has 1 aromatic rings. The average molecular weight is 233 g/mol. The van der Waals surface area contributed by atoms with Gasteiger partial charge in [-0.25, -0.2) is 9.67 Å². The predicted molar refractivity (Wildman–Crippen MR) is 59.8 cm³/mol. The van der Waals surface area contributed by atoms with E-state index < -0.39 is 0 Å². The van der Waals surface area contributed by atoms with Gasteiger partial charge in [-0.3, -0.25) is 4.79 Å². The fourth-order valence-electron chi connectivity index (χ4n) is 1.98. The SMILES string of the molecule is N#Cc1ncn(CC(=O)N2CCCCCC2)n1. The van der Waals surface area contributed by atoms with Crippen LogP contribution in [-0.4, -0.2) is 38.7 Å². The Bertz CT molecular complexity index is 425. The molecule has 90 valence electrons. The smallest absolute Gasteiger partial charge is 0.252 e. The second kappa shape index (κ2) is 5.43. The van der Waals surface area contributed by atoms with Crippen LogP contribution in [-0.2, 0) is 11.3 Å². The number of carbonyl (C=O) groups is 1. The number of hydrogen-bond acceptors (Lipinski definition) is 4. The summed E-state index contributed by atoms with van der Waals surface area (Å²) in [5.41, 5.74) is 0. The van der Waals surface area contributed by atoms with Crippen molar-refractivity contribution < 1.29 is 4.79 Å². The largest absolute Gasteiger partial charge is 0.341 e. The zero-order valence-corrected chi connectivity index (χ0v) is 9.67. The maximum absolute atomic E-state index is 12.0. The number of rotatable bonds is 2. The summed E-state index contributed by atoms with van der Waals surface area (Å²) in [6, 6.07) is 1.84. The van der Waals surface area contributed by atoms with Gasteiger partial charge < -0.3 is 4.90 Å².